The molecule has 1 N–H and O–H groups in total. The third-order valence-electron chi connectivity index (χ3n) is 2.25. The highest BCUT2D eigenvalue weighted by atomic mass is 35.5. The Kier molecular flexibility index (Phi) is 5.39. The molecule has 102 valence electrons. The third-order valence-corrected chi connectivity index (χ3v) is 3.67. The molecule has 0 fully saturated rings. The summed E-state index contributed by atoms with van der Waals surface area (Å²) in [6.07, 6.45) is 0. The first-order valence-electron chi connectivity index (χ1n) is 5.76. The summed E-state index contributed by atoms with van der Waals surface area (Å²) in [7, 11) is 0. The maximum atomic E-state index is 5.95. The summed E-state index contributed by atoms with van der Waals surface area (Å²) in [4.78, 5) is 9.56. The highest BCUT2D eigenvalue weighted by Crippen LogP contribution is 2.22. The highest BCUT2D eigenvalue weighted by molar-refractivity contribution is 7.16. The summed E-state index contributed by atoms with van der Waals surface area (Å²) in [5.41, 5.74) is 0. The molecule has 4 nitrogen and oxygen atoms in total. The van der Waals surface area contributed by atoms with Gasteiger partial charge in [-0.25, -0.2) is 9.97 Å². The van der Waals surface area contributed by atoms with Crippen molar-refractivity contribution in [1.29, 1.82) is 0 Å². The quantitative estimate of drug-likeness (QED) is 0.818. The van der Waals surface area contributed by atoms with Crippen molar-refractivity contribution < 1.29 is 4.74 Å². The molecule has 0 spiro atoms. The number of halogens is 2. The zero-order valence-corrected chi connectivity index (χ0v) is 12.6. The summed E-state index contributed by atoms with van der Waals surface area (Å²) in [5, 5.41) is 3.59. The van der Waals surface area contributed by atoms with E-state index in [1.165, 1.54) is 11.3 Å². The maximum absolute atomic E-state index is 5.95. The van der Waals surface area contributed by atoms with Gasteiger partial charge in [-0.05, 0) is 19.1 Å². The van der Waals surface area contributed by atoms with Crippen molar-refractivity contribution in [2.24, 2.45) is 0 Å². The van der Waals surface area contributed by atoms with Crippen molar-refractivity contribution in [2.45, 2.75) is 20.1 Å². The fourth-order valence-corrected chi connectivity index (χ4v) is 2.67. The van der Waals surface area contributed by atoms with Gasteiger partial charge in [0.05, 0.1) is 10.9 Å². The monoisotopic (exact) mass is 317 g/mol. The minimum absolute atomic E-state index is 0.358. The molecular formula is C12H13Cl2N3OS. The first kappa shape index (κ1) is 14.5. The maximum Gasteiger partial charge on any atom is 0.158 e. The van der Waals surface area contributed by atoms with Crippen LogP contribution in [-0.2, 0) is 17.9 Å². The summed E-state index contributed by atoms with van der Waals surface area (Å²) < 4.78 is 6.04. The molecule has 2 aromatic heterocycles. The molecule has 0 aliphatic heterocycles. The molecule has 2 aromatic rings. The number of ether oxygens (including phenoxy) is 1. The van der Waals surface area contributed by atoms with Crippen LogP contribution in [0.5, 0.6) is 0 Å². The van der Waals surface area contributed by atoms with Gasteiger partial charge in [0.25, 0.3) is 0 Å². The molecule has 0 saturated carbocycles. The van der Waals surface area contributed by atoms with Gasteiger partial charge < -0.3 is 10.1 Å². The van der Waals surface area contributed by atoms with Crippen molar-refractivity contribution in [2.75, 3.05) is 11.9 Å². The van der Waals surface area contributed by atoms with Gasteiger partial charge >= 0.3 is 0 Å². The van der Waals surface area contributed by atoms with Gasteiger partial charge in [-0.1, -0.05) is 23.2 Å². The van der Waals surface area contributed by atoms with Crippen LogP contribution in [0.1, 0.15) is 17.6 Å². The molecule has 7 heteroatoms. The van der Waals surface area contributed by atoms with Crippen molar-refractivity contribution in [3.05, 3.63) is 38.4 Å². The van der Waals surface area contributed by atoms with Gasteiger partial charge in [0.2, 0.25) is 0 Å². The van der Waals surface area contributed by atoms with Crippen molar-refractivity contribution >= 4 is 40.4 Å². The summed E-state index contributed by atoms with van der Waals surface area (Å²) in [5.74, 6) is 1.25. The van der Waals surface area contributed by atoms with Gasteiger partial charge in [0, 0.05) is 17.6 Å². The molecular weight excluding hydrogens is 305 g/mol. The molecule has 0 saturated heterocycles. The number of thiophene rings is 1. The van der Waals surface area contributed by atoms with Gasteiger partial charge in [0.15, 0.2) is 5.82 Å². The Hall–Kier alpha value is -0.880. The van der Waals surface area contributed by atoms with Crippen molar-refractivity contribution in [3.63, 3.8) is 0 Å². The number of hydrogen-bond donors (Lipinski definition) is 1. The smallest absolute Gasteiger partial charge is 0.158 e. The van der Waals surface area contributed by atoms with Crippen LogP contribution < -0.4 is 5.32 Å². The average Bonchev–Trinajstić information content (AvgIpc) is 2.79. The van der Waals surface area contributed by atoms with Crippen LogP contribution in [0.15, 0.2) is 18.2 Å². The van der Waals surface area contributed by atoms with Gasteiger partial charge in [-0.2, -0.15) is 0 Å². The Morgan fingerprint density at radius 1 is 1.32 bits per heavy atom. The molecule has 0 aromatic carbocycles. The summed E-state index contributed by atoms with van der Waals surface area (Å²) in [6, 6.07) is 5.53. The average molecular weight is 318 g/mol. The Balaban J connectivity index is 2.01. The molecule has 0 bridgehead atoms. The number of aromatic nitrogens is 2. The first-order valence-corrected chi connectivity index (χ1v) is 7.34. The van der Waals surface area contributed by atoms with E-state index in [9.17, 15) is 0 Å². The minimum Gasteiger partial charge on any atom is -0.374 e. The van der Waals surface area contributed by atoms with Crippen molar-refractivity contribution in [3.8, 4) is 0 Å². The van der Waals surface area contributed by atoms with E-state index in [0.717, 1.165) is 9.21 Å². The van der Waals surface area contributed by atoms with Crippen LogP contribution >= 0.6 is 34.5 Å². The highest BCUT2D eigenvalue weighted by Gasteiger charge is 2.04. The Morgan fingerprint density at radius 3 is 2.84 bits per heavy atom. The van der Waals surface area contributed by atoms with E-state index in [1.54, 1.807) is 6.07 Å². The topological polar surface area (TPSA) is 47.0 Å². The van der Waals surface area contributed by atoms with E-state index in [0.29, 0.717) is 36.6 Å². The Labute approximate surface area is 125 Å². The number of anilines is 1. The zero-order chi connectivity index (χ0) is 13.7. The van der Waals surface area contributed by atoms with Crippen LogP contribution in [0.2, 0.25) is 9.49 Å². The van der Waals surface area contributed by atoms with Gasteiger partial charge in [-0.15, -0.1) is 11.3 Å². The summed E-state index contributed by atoms with van der Waals surface area (Å²) >= 11 is 13.4. The molecule has 19 heavy (non-hydrogen) atoms. The van der Waals surface area contributed by atoms with Crippen LogP contribution in [0.4, 0.5) is 5.82 Å². The fraction of sp³-hybridized carbons (Fsp3) is 0.333. The largest absolute Gasteiger partial charge is 0.374 e. The van der Waals surface area contributed by atoms with Crippen LogP contribution in [0.25, 0.3) is 0 Å². The fourth-order valence-electron chi connectivity index (χ4n) is 1.44. The number of hydrogen-bond acceptors (Lipinski definition) is 5. The Morgan fingerprint density at radius 2 is 2.16 bits per heavy atom. The second-order valence-electron chi connectivity index (χ2n) is 3.69. The lowest BCUT2D eigenvalue weighted by atomic mass is 10.4. The van der Waals surface area contributed by atoms with Crippen LogP contribution in [-0.4, -0.2) is 16.6 Å². The second kappa shape index (κ2) is 7.05. The predicted molar refractivity (Wildman–Crippen MR) is 79.0 cm³/mol. The second-order valence-corrected chi connectivity index (χ2v) is 5.88. The molecule has 2 heterocycles. The van der Waals surface area contributed by atoms with E-state index in [1.807, 2.05) is 19.1 Å². The van der Waals surface area contributed by atoms with E-state index in [-0.39, 0.29) is 0 Å². The van der Waals surface area contributed by atoms with E-state index < -0.39 is 0 Å². The molecule has 2 rings (SSSR count). The molecule has 0 aliphatic carbocycles. The molecule has 0 atom stereocenters. The SMILES string of the molecule is CCOCc1nc(Cl)cc(NCc2ccc(Cl)s2)n1. The van der Waals surface area contributed by atoms with Gasteiger partial charge in [-0.3, -0.25) is 0 Å². The molecule has 0 aliphatic rings. The standard InChI is InChI=1S/C12H13Cl2N3OS/c1-2-18-7-12-16-9(13)5-11(17-12)15-6-8-3-4-10(14)19-8/h3-5H,2,6-7H2,1H3,(H,15,16,17). The number of nitrogens with one attached hydrogen (secondary N) is 1. The lowest BCUT2D eigenvalue weighted by Gasteiger charge is -2.07. The first-order chi connectivity index (χ1) is 9.17. The summed E-state index contributed by atoms with van der Waals surface area (Å²) in [6.45, 7) is 3.55. The van der Waals surface area contributed by atoms with Crippen LogP contribution in [0, 0.1) is 0 Å². The number of nitrogens with zero attached hydrogens (tertiary/aromatic N) is 2. The lowest BCUT2D eigenvalue weighted by molar-refractivity contribution is 0.128. The van der Waals surface area contributed by atoms with E-state index in [4.69, 9.17) is 27.9 Å². The third kappa shape index (κ3) is 4.62. The number of rotatable bonds is 6. The van der Waals surface area contributed by atoms with E-state index >= 15 is 0 Å². The predicted octanol–water partition coefficient (Wildman–Crippen LogP) is 3.99. The zero-order valence-electron chi connectivity index (χ0n) is 10.3. The lowest BCUT2D eigenvalue weighted by Crippen LogP contribution is -2.05. The Bertz CT molecular complexity index is 548. The molecule has 0 radical (unpaired) electrons. The van der Waals surface area contributed by atoms with Crippen LogP contribution in [0.3, 0.4) is 0 Å². The molecule has 0 unspecified atom stereocenters. The van der Waals surface area contributed by atoms with Gasteiger partial charge in [0.1, 0.15) is 17.6 Å². The minimum atomic E-state index is 0.358. The van der Waals surface area contributed by atoms with Crippen molar-refractivity contribution in [1.82, 2.24) is 9.97 Å². The normalized spacial score (nSPS) is 10.7. The van der Waals surface area contributed by atoms with E-state index in [2.05, 4.69) is 15.3 Å². The molecule has 0 amide bonds.